The molecule has 8 heteroatoms. The Kier molecular flexibility index (Phi) is 6.79. The highest BCUT2D eigenvalue weighted by Crippen LogP contribution is 2.29. The van der Waals surface area contributed by atoms with Crippen molar-refractivity contribution in [1.82, 2.24) is 4.90 Å². The zero-order chi connectivity index (χ0) is 23.4. The smallest absolute Gasteiger partial charge is 0.323 e. The number of fused-ring (bicyclic) bond motifs is 1. The maximum absolute atomic E-state index is 13.2. The molecular weight excluding hydrogens is 445 g/mol. The molecule has 0 radical (unpaired) electrons. The summed E-state index contributed by atoms with van der Waals surface area (Å²) < 4.78 is 19.0. The van der Waals surface area contributed by atoms with Crippen LogP contribution in [-0.4, -0.2) is 29.5 Å². The van der Waals surface area contributed by atoms with Gasteiger partial charge in [0, 0.05) is 35.1 Å². The standard InChI is InChI=1S/C25H23ClFN3O3/c1-16-24(31)30(12-11-17-5-7-20(27)8-6-17)15-18-13-22(9-10-23(18)33-16)29-25(32)28-21-4-2-3-19(26)14-21/h2-10,13-14,16H,11-12,15H2,1H3,(H2,28,29,32)/t16-/m0/s1. The van der Waals surface area contributed by atoms with Gasteiger partial charge in [0.25, 0.3) is 5.91 Å². The molecule has 3 amide bonds. The minimum absolute atomic E-state index is 0.124. The van der Waals surface area contributed by atoms with E-state index in [0.717, 1.165) is 11.1 Å². The lowest BCUT2D eigenvalue weighted by atomic mass is 10.1. The van der Waals surface area contributed by atoms with Crippen molar-refractivity contribution in [2.24, 2.45) is 0 Å². The summed E-state index contributed by atoms with van der Waals surface area (Å²) in [4.78, 5) is 26.9. The van der Waals surface area contributed by atoms with Gasteiger partial charge < -0.3 is 20.3 Å². The Balaban J connectivity index is 1.46. The molecule has 1 aliphatic rings. The molecule has 0 saturated carbocycles. The van der Waals surface area contributed by atoms with E-state index in [0.29, 0.717) is 41.7 Å². The van der Waals surface area contributed by atoms with Crippen molar-refractivity contribution >= 4 is 34.9 Å². The molecule has 0 spiro atoms. The van der Waals surface area contributed by atoms with Gasteiger partial charge >= 0.3 is 6.03 Å². The fourth-order valence-corrected chi connectivity index (χ4v) is 3.83. The monoisotopic (exact) mass is 467 g/mol. The number of anilines is 2. The molecule has 3 aromatic carbocycles. The molecule has 0 unspecified atom stereocenters. The van der Waals surface area contributed by atoms with E-state index >= 15 is 0 Å². The third-order valence-electron chi connectivity index (χ3n) is 5.31. The van der Waals surface area contributed by atoms with Crippen LogP contribution in [0.2, 0.25) is 5.02 Å². The van der Waals surface area contributed by atoms with E-state index in [1.54, 1.807) is 66.4 Å². The molecule has 170 valence electrons. The van der Waals surface area contributed by atoms with Crippen LogP contribution >= 0.6 is 11.6 Å². The van der Waals surface area contributed by atoms with E-state index in [4.69, 9.17) is 16.3 Å². The van der Waals surface area contributed by atoms with Gasteiger partial charge in [-0.3, -0.25) is 4.79 Å². The van der Waals surface area contributed by atoms with Crippen LogP contribution in [0.4, 0.5) is 20.6 Å². The number of rotatable bonds is 5. The summed E-state index contributed by atoms with van der Waals surface area (Å²) >= 11 is 5.96. The number of ether oxygens (including phenoxy) is 1. The van der Waals surface area contributed by atoms with Crippen molar-refractivity contribution in [2.45, 2.75) is 26.0 Å². The van der Waals surface area contributed by atoms with Crippen molar-refractivity contribution in [2.75, 3.05) is 17.2 Å². The highest BCUT2D eigenvalue weighted by molar-refractivity contribution is 6.30. The number of carbonyl (C=O) groups is 2. The highest BCUT2D eigenvalue weighted by atomic mass is 35.5. The maximum Gasteiger partial charge on any atom is 0.323 e. The number of amides is 3. The molecule has 0 aliphatic carbocycles. The Labute approximate surface area is 196 Å². The summed E-state index contributed by atoms with van der Waals surface area (Å²) in [5, 5.41) is 6.05. The van der Waals surface area contributed by atoms with Crippen LogP contribution < -0.4 is 15.4 Å². The summed E-state index contributed by atoms with van der Waals surface area (Å²) in [6.45, 7) is 2.52. The van der Waals surface area contributed by atoms with Gasteiger partial charge in [-0.05, 0) is 67.4 Å². The van der Waals surface area contributed by atoms with Crippen LogP contribution in [0, 0.1) is 5.82 Å². The Morgan fingerprint density at radius 2 is 1.82 bits per heavy atom. The normalized spacial score (nSPS) is 15.3. The number of benzene rings is 3. The van der Waals surface area contributed by atoms with Crippen LogP contribution in [0.5, 0.6) is 5.75 Å². The number of halogens is 2. The molecule has 2 N–H and O–H groups in total. The van der Waals surface area contributed by atoms with Gasteiger partial charge in [-0.1, -0.05) is 29.8 Å². The number of nitrogens with zero attached hydrogens (tertiary/aromatic N) is 1. The first kappa shape index (κ1) is 22.6. The topological polar surface area (TPSA) is 70.7 Å². The molecule has 1 aliphatic heterocycles. The minimum Gasteiger partial charge on any atom is -0.481 e. The molecule has 6 nitrogen and oxygen atoms in total. The Hall–Kier alpha value is -3.58. The van der Waals surface area contributed by atoms with Gasteiger partial charge in [-0.25, -0.2) is 9.18 Å². The minimum atomic E-state index is -0.635. The largest absolute Gasteiger partial charge is 0.481 e. The van der Waals surface area contributed by atoms with Crippen LogP contribution in [-0.2, 0) is 17.8 Å². The van der Waals surface area contributed by atoms with E-state index in [-0.39, 0.29) is 11.7 Å². The summed E-state index contributed by atoms with van der Waals surface area (Å²) in [6, 6.07) is 18.0. The number of nitrogens with one attached hydrogen (secondary N) is 2. The zero-order valence-corrected chi connectivity index (χ0v) is 18.7. The fraction of sp³-hybridized carbons (Fsp3) is 0.200. The van der Waals surface area contributed by atoms with Gasteiger partial charge in [0.1, 0.15) is 11.6 Å². The first-order chi connectivity index (χ1) is 15.9. The lowest BCUT2D eigenvalue weighted by Gasteiger charge is -2.22. The summed E-state index contributed by atoms with van der Waals surface area (Å²) in [6.07, 6.45) is -0.0435. The van der Waals surface area contributed by atoms with Gasteiger partial charge in [0.05, 0.1) is 0 Å². The van der Waals surface area contributed by atoms with Gasteiger partial charge in [-0.15, -0.1) is 0 Å². The SMILES string of the molecule is C[C@@H]1Oc2ccc(NC(=O)Nc3cccc(Cl)c3)cc2CN(CCc2ccc(F)cc2)C1=O. The third kappa shape index (κ3) is 5.81. The number of urea groups is 1. The van der Waals surface area contributed by atoms with E-state index in [1.807, 2.05) is 0 Å². The van der Waals surface area contributed by atoms with Gasteiger partial charge in [-0.2, -0.15) is 0 Å². The molecular formula is C25H23ClFN3O3. The van der Waals surface area contributed by atoms with Crippen molar-refractivity contribution in [3.05, 3.63) is 88.7 Å². The Morgan fingerprint density at radius 1 is 1.09 bits per heavy atom. The molecule has 0 aromatic heterocycles. The van der Waals surface area contributed by atoms with Gasteiger partial charge in [0.2, 0.25) is 0 Å². The predicted molar refractivity (Wildman–Crippen MR) is 126 cm³/mol. The van der Waals surface area contributed by atoms with Gasteiger partial charge in [0.15, 0.2) is 6.10 Å². The molecule has 0 bridgehead atoms. The third-order valence-corrected chi connectivity index (χ3v) is 5.54. The fourth-order valence-electron chi connectivity index (χ4n) is 3.64. The van der Waals surface area contributed by atoms with Crippen LogP contribution in [0.1, 0.15) is 18.1 Å². The Bertz CT molecular complexity index is 1170. The average molecular weight is 468 g/mol. The van der Waals surface area contributed by atoms with Crippen molar-refractivity contribution in [1.29, 1.82) is 0 Å². The average Bonchev–Trinajstić information content (AvgIpc) is 2.89. The van der Waals surface area contributed by atoms with E-state index in [9.17, 15) is 14.0 Å². The predicted octanol–water partition coefficient (Wildman–Crippen LogP) is 5.48. The molecule has 0 saturated heterocycles. The maximum atomic E-state index is 13.2. The molecule has 33 heavy (non-hydrogen) atoms. The Morgan fingerprint density at radius 3 is 2.55 bits per heavy atom. The second-order valence-electron chi connectivity index (χ2n) is 7.81. The summed E-state index contributed by atoms with van der Waals surface area (Å²) in [5.74, 6) is 0.183. The summed E-state index contributed by atoms with van der Waals surface area (Å²) in [5.41, 5.74) is 2.87. The number of carbonyl (C=O) groups excluding carboxylic acids is 2. The van der Waals surface area contributed by atoms with E-state index in [2.05, 4.69) is 10.6 Å². The molecule has 1 heterocycles. The molecule has 1 atom stereocenters. The lowest BCUT2D eigenvalue weighted by Crippen LogP contribution is -2.39. The van der Waals surface area contributed by atoms with Crippen molar-refractivity contribution in [3.63, 3.8) is 0 Å². The molecule has 0 fully saturated rings. The second kappa shape index (κ2) is 9.92. The van der Waals surface area contributed by atoms with E-state index < -0.39 is 12.1 Å². The van der Waals surface area contributed by atoms with E-state index in [1.165, 1.54) is 12.1 Å². The first-order valence-corrected chi connectivity index (χ1v) is 10.9. The molecule has 3 aromatic rings. The first-order valence-electron chi connectivity index (χ1n) is 10.5. The zero-order valence-electron chi connectivity index (χ0n) is 18.0. The van der Waals surface area contributed by atoms with Crippen LogP contribution in [0.15, 0.2) is 66.7 Å². The lowest BCUT2D eigenvalue weighted by molar-refractivity contribution is -0.137. The van der Waals surface area contributed by atoms with Crippen molar-refractivity contribution in [3.8, 4) is 5.75 Å². The van der Waals surface area contributed by atoms with Crippen LogP contribution in [0.3, 0.4) is 0 Å². The number of hydrogen-bond acceptors (Lipinski definition) is 3. The highest BCUT2D eigenvalue weighted by Gasteiger charge is 2.27. The second-order valence-corrected chi connectivity index (χ2v) is 8.24. The van der Waals surface area contributed by atoms with Crippen LogP contribution in [0.25, 0.3) is 0 Å². The summed E-state index contributed by atoms with van der Waals surface area (Å²) in [7, 11) is 0. The quantitative estimate of drug-likeness (QED) is 0.522. The molecule has 4 rings (SSSR count). The van der Waals surface area contributed by atoms with Crippen molar-refractivity contribution < 1.29 is 18.7 Å². The number of hydrogen-bond donors (Lipinski definition) is 2.